The molecule has 1 amide bonds. The zero-order valence-electron chi connectivity index (χ0n) is 8.86. The van der Waals surface area contributed by atoms with E-state index in [1.807, 2.05) is 5.32 Å². The van der Waals surface area contributed by atoms with E-state index in [0.717, 1.165) is 12.1 Å². The van der Waals surface area contributed by atoms with Crippen LogP contribution in [0, 0.1) is 0 Å². The van der Waals surface area contributed by atoms with Gasteiger partial charge in [-0.3, -0.25) is 4.79 Å². The molecule has 0 saturated heterocycles. The Morgan fingerprint density at radius 3 is 2.33 bits per heavy atom. The van der Waals surface area contributed by atoms with Crippen LogP contribution in [0.2, 0.25) is 0 Å². The van der Waals surface area contributed by atoms with Crippen LogP contribution in [0.15, 0.2) is 36.4 Å². The van der Waals surface area contributed by atoms with Gasteiger partial charge >= 0.3 is 12.1 Å². The summed E-state index contributed by atoms with van der Waals surface area (Å²) in [6.45, 7) is 0. The Labute approximate surface area is 99.7 Å². The molecule has 2 N–H and O–H groups in total. The molecule has 0 heterocycles. The number of carbonyl (C=O) groups is 2. The van der Waals surface area contributed by atoms with Crippen molar-refractivity contribution in [3.8, 4) is 0 Å². The molecule has 0 aliphatic rings. The second-order valence-electron chi connectivity index (χ2n) is 3.20. The van der Waals surface area contributed by atoms with Crippen LogP contribution in [-0.4, -0.2) is 17.0 Å². The van der Waals surface area contributed by atoms with E-state index in [2.05, 4.69) is 0 Å². The average Bonchev–Trinajstić information content (AvgIpc) is 2.25. The predicted molar refractivity (Wildman–Crippen MR) is 56.8 cm³/mol. The van der Waals surface area contributed by atoms with E-state index in [0.29, 0.717) is 12.2 Å². The van der Waals surface area contributed by atoms with E-state index < -0.39 is 29.3 Å². The number of rotatable bonds is 3. The molecule has 0 spiro atoms. The van der Waals surface area contributed by atoms with Gasteiger partial charge in [-0.05, 0) is 12.1 Å². The van der Waals surface area contributed by atoms with Crippen LogP contribution in [-0.2, 0) is 15.8 Å². The Hall–Kier alpha value is -2.31. The highest BCUT2D eigenvalue weighted by molar-refractivity contribution is 6.02. The van der Waals surface area contributed by atoms with Gasteiger partial charge in [-0.2, -0.15) is 13.2 Å². The van der Waals surface area contributed by atoms with E-state index >= 15 is 0 Å². The molecule has 0 radical (unpaired) electrons. The molecule has 1 aromatic carbocycles. The summed E-state index contributed by atoms with van der Waals surface area (Å²) >= 11 is 0. The van der Waals surface area contributed by atoms with E-state index in [4.69, 9.17) is 5.11 Å². The van der Waals surface area contributed by atoms with E-state index in [1.54, 1.807) is 0 Å². The Morgan fingerprint density at radius 1 is 1.17 bits per heavy atom. The summed E-state index contributed by atoms with van der Waals surface area (Å²) in [4.78, 5) is 21.3. The number of para-hydroxylation sites is 1. The van der Waals surface area contributed by atoms with E-state index in [9.17, 15) is 22.8 Å². The fraction of sp³-hybridized carbons (Fsp3) is 0.0909. The molecule has 4 nitrogen and oxygen atoms in total. The number of amides is 1. The lowest BCUT2D eigenvalue weighted by atomic mass is 10.1. The van der Waals surface area contributed by atoms with Crippen molar-refractivity contribution in [1.29, 1.82) is 0 Å². The summed E-state index contributed by atoms with van der Waals surface area (Å²) < 4.78 is 37.6. The standard InChI is InChI=1S/C11H8F3NO3/c12-11(13,14)7-3-1-2-4-8(7)15-9(16)5-6-10(17)18/h1-6H,(H,15,16)(H,17,18)/b6-5+. The fourth-order valence-corrected chi connectivity index (χ4v) is 1.16. The molecule has 0 aliphatic heterocycles. The lowest BCUT2D eigenvalue weighted by Gasteiger charge is -2.12. The van der Waals surface area contributed by atoms with Crippen molar-refractivity contribution in [2.75, 3.05) is 5.32 Å². The van der Waals surface area contributed by atoms with Crippen LogP contribution in [0.25, 0.3) is 0 Å². The van der Waals surface area contributed by atoms with Gasteiger partial charge in [0.05, 0.1) is 11.3 Å². The van der Waals surface area contributed by atoms with Gasteiger partial charge < -0.3 is 10.4 Å². The van der Waals surface area contributed by atoms with Gasteiger partial charge in [0.15, 0.2) is 0 Å². The number of carboxylic acid groups (broad SMARTS) is 1. The number of hydrogen-bond acceptors (Lipinski definition) is 2. The first-order valence-electron chi connectivity index (χ1n) is 4.69. The lowest BCUT2D eigenvalue weighted by molar-refractivity contribution is -0.137. The minimum Gasteiger partial charge on any atom is -0.478 e. The summed E-state index contributed by atoms with van der Waals surface area (Å²) in [5.41, 5.74) is -1.42. The molecule has 0 fully saturated rings. The quantitative estimate of drug-likeness (QED) is 0.818. The minimum absolute atomic E-state index is 0.426. The van der Waals surface area contributed by atoms with Crippen molar-refractivity contribution in [3.63, 3.8) is 0 Å². The van der Waals surface area contributed by atoms with Crippen LogP contribution < -0.4 is 5.32 Å². The number of nitrogens with one attached hydrogen (secondary N) is 1. The third-order valence-corrected chi connectivity index (χ3v) is 1.87. The van der Waals surface area contributed by atoms with E-state index in [-0.39, 0.29) is 0 Å². The van der Waals surface area contributed by atoms with Gasteiger partial charge in [-0.1, -0.05) is 12.1 Å². The highest BCUT2D eigenvalue weighted by atomic mass is 19.4. The first-order valence-corrected chi connectivity index (χ1v) is 4.69. The molecule has 0 bridgehead atoms. The normalized spacial score (nSPS) is 11.5. The molecule has 1 aromatic rings. The topological polar surface area (TPSA) is 66.4 Å². The maximum atomic E-state index is 12.5. The SMILES string of the molecule is O=C(O)/C=C/C(=O)Nc1ccccc1C(F)(F)F. The number of carbonyl (C=O) groups excluding carboxylic acids is 1. The average molecular weight is 259 g/mol. The third kappa shape index (κ3) is 3.93. The first-order chi connectivity index (χ1) is 8.30. The Morgan fingerprint density at radius 2 is 1.78 bits per heavy atom. The van der Waals surface area contributed by atoms with Crippen LogP contribution in [0.1, 0.15) is 5.56 Å². The number of hydrogen-bond donors (Lipinski definition) is 2. The Balaban J connectivity index is 2.92. The van der Waals surface area contributed by atoms with Crippen molar-refractivity contribution >= 4 is 17.6 Å². The minimum atomic E-state index is -4.60. The van der Waals surface area contributed by atoms with Gasteiger partial charge in [-0.15, -0.1) is 0 Å². The number of aliphatic carboxylic acids is 1. The number of halogens is 3. The smallest absolute Gasteiger partial charge is 0.418 e. The second kappa shape index (κ2) is 5.35. The van der Waals surface area contributed by atoms with Crippen molar-refractivity contribution < 1.29 is 27.9 Å². The zero-order valence-corrected chi connectivity index (χ0v) is 8.86. The summed E-state index contributed by atoms with van der Waals surface area (Å²) in [7, 11) is 0. The fourth-order valence-electron chi connectivity index (χ4n) is 1.16. The Kier molecular flexibility index (Phi) is 4.09. The molecule has 0 aliphatic carbocycles. The third-order valence-electron chi connectivity index (χ3n) is 1.87. The molecule has 0 saturated carbocycles. The molecule has 7 heteroatoms. The molecule has 1 rings (SSSR count). The molecule has 18 heavy (non-hydrogen) atoms. The van der Waals surface area contributed by atoms with Crippen molar-refractivity contribution in [1.82, 2.24) is 0 Å². The molecule has 0 unspecified atom stereocenters. The van der Waals surface area contributed by atoms with Crippen molar-refractivity contribution in [2.24, 2.45) is 0 Å². The second-order valence-corrected chi connectivity index (χ2v) is 3.20. The summed E-state index contributed by atoms with van der Waals surface area (Å²) in [5.74, 6) is -2.32. The Bertz CT molecular complexity index is 495. The van der Waals surface area contributed by atoms with Crippen molar-refractivity contribution in [3.05, 3.63) is 42.0 Å². The predicted octanol–water partition coefficient (Wildman–Crippen LogP) is 2.28. The maximum Gasteiger partial charge on any atom is 0.418 e. The number of benzene rings is 1. The molecule has 96 valence electrons. The monoisotopic (exact) mass is 259 g/mol. The van der Waals surface area contributed by atoms with Gasteiger partial charge in [-0.25, -0.2) is 4.79 Å². The van der Waals surface area contributed by atoms with Gasteiger partial charge in [0.1, 0.15) is 0 Å². The number of carboxylic acids is 1. The highest BCUT2D eigenvalue weighted by Gasteiger charge is 2.33. The van der Waals surface area contributed by atoms with E-state index in [1.165, 1.54) is 12.1 Å². The zero-order chi connectivity index (χ0) is 13.8. The lowest BCUT2D eigenvalue weighted by Crippen LogP contribution is -2.14. The van der Waals surface area contributed by atoms with Crippen molar-refractivity contribution in [2.45, 2.75) is 6.18 Å². The molecular weight excluding hydrogens is 251 g/mol. The van der Waals surface area contributed by atoms with Crippen LogP contribution in [0.5, 0.6) is 0 Å². The molecular formula is C11H8F3NO3. The maximum absolute atomic E-state index is 12.5. The van der Waals surface area contributed by atoms with Crippen LogP contribution in [0.4, 0.5) is 18.9 Å². The summed E-state index contributed by atoms with van der Waals surface area (Å²) in [5, 5.41) is 10.2. The summed E-state index contributed by atoms with van der Waals surface area (Å²) in [6, 6.07) is 4.41. The van der Waals surface area contributed by atoms with Crippen LogP contribution >= 0.6 is 0 Å². The largest absolute Gasteiger partial charge is 0.478 e. The molecule has 0 atom stereocenters. The first kappa shape index (κ1) is 13.8. The highest BCUT2D eigenvalue weighted by Crippen LogP contribution is 2.34. The summed E-state index contributed by atoms with van der Waals surface area (Å²) in [6.07, 6.45) is -3.43. The van der Waals surface area contributed by atoms with Crippen LogP contribution in [0.3, 0.4) is 0 Å². The van der Waals surface area contributed by atoms with Gasteiger partial charge in [0.2, 0.25) is 5.91 Å². The number of anilines is 1. The number of alkyl halides is 3. The van der Waals surface area contributed by atoms with Gasteiger partial charge in [0, 0.05) is 12.2 Å². The van der Waals surface area contributed by atoms with Gasteiger partial charge in [0.25, 0.3) is 0 Å². The molecule has 0 aromatic heterocycles.